The Kier molecular flexibility index (Phi) is 4.46. The van der Waals surface area contributed by atoms with Gasteiger partial charge in [0.25, 0.3) is 5.91 Å². The van der Waals surface area contributed by atoms with Crippen LogP contribution in [-0.4, -0.2) is 27.7 Å². The van der Waals surface area contributed by atoms with Gasteiger partial charge in [-0.05, 0) is 18.4 Å². The Labute approximate surface area is 125 Å². The lowest BCUT2D eigenvalue weighted by Gasteiger charge is -2.27. The molecular formula is C17H21NO3. The molecule has 4 heteroatoms. The van der Waals surface area contributed by atoms with Gasteiger partial charge in [0.1, 0.15) is 11.3 Å². The number of hydrogen-bond acceptors (Lipinski definition) is 3. The van der Waals surface area contributed by atoms with Crippen LogP contribution < -0.4 is 0 Å². The summed E-state index contributed by atoms with van der Waals surface area (Å²) in [5.41, 5.74) is 0.917. The molecule has 1 aromatic rings. The third-order valence-electron chi connectivity index (χ3n) is 4.07. The second-order valence-electron chi connectivity index (χ2n) is 5.57. The first kappa shape index (κ1) is 15.3. The lowest BCUT2D eigenvalue weighted by atomic mass is 9.94. The summed E-state index contributed by atoms with van der Waals surface area (Å²) >= 11 is 0. The van der Waals surface area contributed by atoms with Crippen molar-refractivity contribution in [2.24, 2.45) is 5.92 Å². The Morgan fingerprint density at radius 2 is 1.90 bits per heavy atom. The van der Waals surface area contributed by atoms with Crippen LogP contribution in [0, 0.1) is 5.92 Å². The highest BCUT2D eigenvalue weighted by molar-refractivity contribution is 6.26. The van der Waals surface area contributed by atoms with Gasteiger partial charge in [-0.25, -0.2) is 0 Å². The molecule has 112 valence electrons. The number of aliphatic hydroxyl groups excluding tert-OH is 1. The van der Waals surface area contributed by atoms with Gasteiger partial charge in [-0.15, -0.1) is 0 Å². The van der Waals surface area contributed by atoms with Gasteiger partial charge in [0.2, 0.25) is 0 Å². The van der Waals surface area contributed by atoms with Crippen molar-refractivity contribution in [3.05, 3.63) is 47.2 Å². The standard InChI is InChI=1S/C17H21NO3/c1-4-11(2)15-16(20)14(12(3)19)17(21)18(15)10-13-8-6-5-7-9-13/h5-9,11,15,19H,4,10H2,1-3H3/b14-12-/t11?,15-/m0/s1. The Hall–Kier alpha value is -2.10. The van der Waals surface area contributed by atoms with Crippen LogP contribution in [0.25, 0.3) is 0 Å². The van der Waals surface area contributed by atoms with Crippen molar-refractivity contribution in [2.75, 3.05) is 0 Å². The molecule has 0 aromatic heterocycles. The number of benzene rings is 1. The van der Waals surface area contributed by atoms with Gasteiger partial charge < -0.3 is 10.0 Å². The molecule has 21 heavy (non-hydrogen) atoms. The van der Waals surface area contributed by atoms with Crippen molar-refractivity contribution >= 4 is 11.7 Å². The van der Waals surface area contributed by atoms with Crippen molar-refractivity contribution in [1.82, 2.24) is 4.90 Å². The molecule has 4 nitrogen and oxygen atoms in total. The SMILES string of the molecule is CCC(C)[C@H]1C(=O)/C(=C(\C)O)C(=O)N1Cc1ccccc1. The van der Waals surface area contributed by atoms with Gasteiger partial charge in [0.15, 0.2) is 5.78 Å². The van der Waals surface area contributed by atoms with E-state index in [0.717, 1.165) is 12.0 Å². The van der Waals surface area contributed by atoms with Crippen molar-refractivity contribution in [1.29, 1.82) is 0 Å². The van der Waals surface area contributed by atoms with Crippen LogP contribution in [0.15, 0.2) is 41.7 Å². The molecular weight excluding hydrogens is 266 g/mol. The molecule has 1 heterocycles. The number of carbonyl (C=O) groups excluding carboxylic acids is 2. The predicted molar refractivity (Wildman–Crippen MR) is 80.6 cm³/mol. The second-order valence-corrected chi connectivity index (χ2v) is 5.57. The minimum atomic E-state index is -0.486. The largest absolute Gasteiger partial charge is 0.512 e. The summed E-state index contributed by atoms with van der Waals surface area (Å²) in [7, 11) is 0. The molecule has 1 fully saturated rings. The molecule has 0 radical (unpaired) electrons. The van der Waals surface area contributed by atoms with Crippen molar-refractivity contribution < 1.29 is 14.7 Å². The molecule has 0 bridgehead atoms. The molecule has 2 rings (SSSR count). The number of rotatable bonds is 4. The zero-order chi connectivity index (χ0) is 15.6. The number of likely N-dealkylation sites (tertiary alicyclic amines) is 1. The summed E-state index contributed by atoms with van der Waals surface area (Å²) in [5, 5.41) is 9.66. The number of aliphatic hydroxyl groups is 1. The van der Waals surface area contributed by atoms with Crippen molar-refractivity contribution in [2.45, 2.75) is 39.8 Å². The van der Waals surface area contributed by atoms with E-state index < -0.39 is 6.04 Å². The van der Waals surface area contributed by atoms with E-state index in [4.69, 9.17) is 0 Å². The first-order valence-corrected chi connectivity index (χ1v) is 7.26. The molecule has 2 atom stereocenters. The van der Waals surface area contributed by atoms with Crippen LogP contribution in [0.1, 0.15) is 32.8 Å². The average Bonchev–Trinajstić information content (AvgIpc) is 2.70. The smallest absolute Gasteiger partial charge is 0.261 e. The quantitative estimate of drug-likeness (QED) is 0.526. The number of carbonyl (C=O) groups is 2. The first-order chi connectivity index (χ1) is 9.97. The maximum absolute atomic E-state index is 12.5. The number of hydrogen-bond donors (Lipinski definition) is 1. The fourth-order valence-corrected chi connectivity index (χ4v) is 2.74. The predicted octanol–water partition coefficient (Wildman–Crippen LogP) is 2.84. The van der Waals surface area contributed by atoms with Crippen LogP contribution in [0.2, 0.25) is 0 Å². The highest BCUT2D eigenvalue weighted by atomic mass is 16.3. The van der Waals surface area contributed by atoms with Crippen LogP contribution in [-0.2, 0) is 16.1 Å². The van der Waals surface area contributed by atoms with E-state index in [9.17, 15) is 14.7 Å². The van der Waals surface area contributed by atoms with Crippen LogP contribution >= 0.6 is 0 Å². The van der Waals surface area contributed by atoms with Gasteiger partial charge in [-0.3, -0.25) is 9.59 Å². The van der Waals surface area contributed by atoms with E-state index in [1.54, 1.807) is 4.90 Å². The minimum Gasteiger partial charge on any atom is -0.512 e. The number of nitrogens with zero attached hydrogens (tertiary/aromatic N) is 1. The maximum atomic E-state index is 12.5. The molecule has 1 aliphatic heterocycles. The summed E-state index contributed by atoms with van der Waals surface area (Å²) in [4.78, 5) is 26.5. The molecule has 1 unspecified atom stereocenters. The van der Waals surface area contributed by atoms with Crippen molar-refractivity contribution in [3.8, 4) is 0 Å². The Morgan fingerprint density at radius 1 is 1.29 bits per heavy atom. The number of allylic oxidation sites excluding steroid dienone is 1. The monoisotopic (exact) mass is 287 g/mol. The Balaban J connectivity index is 2.38. The fraction of sp³-hybridized carbons (Fsp3) is 0.412. The fourth-order valence-electron chi connectivity index (χ4n) is 2.74. The lowest BCUT2D eigenvalue weighted by molar-refractivity contribution is -0.129. The molecule has 1 saturated heterocycles. The second kappa shape index (κ2) is 6.12. The Bertz CT molecular complexity index is 573. The number of ketones is 1. The van der Waals surface area contributed by atoms with Crippen molar-refractivity contribution in [3.63, 3.8) is 0 Å². The summed E-state index contributed by atoms with van der Waals surface area (Å²) < 4.78 is 0. The van der Waals surface area contributed by atoms with E-state index in [0.29, 0.717) is 6.54 Å². The summed E-state index contributed by atoms with van der Waals surface area (Å²) in [6, 6.07) is 9.10. The van der Waals surface area contributed by atoms with E-state index in [1.807, 2.05) is 44.2 Å². The number of amides is 1. The molecule has 0 spiro atoms. The van der Waals surface area contributed by atoms with Gasteiger partial charge in [-0.1, -0.05) is 50.6 Å². The third-order valence-corrected chi connectivity index (χ3v) is 4.07. The highest BCUT2D eigenvalue weighted by Crippen LogP contribution is 2.30. The highest BCUT2D eigenvalue weighted by Gasteiger charge is 2.46. The average molecular weight is 287 g/mol. The summed E-state index contributed by atoms with van der Waals surface area (Å²) in [5.74, 6) is -0.754. The molecule has 0 aliphatic carbocycles. The summed E-state index contributed by atoms with van der Waals surface area (Å²) in [6.07, 6.45) is 0.798. The van der Waals surface area contributed by atoms with E-state index in [1.165, 1.54) is 6.92 Å². The normalized spacial score (nSPS) is 22.6. The summed E-state index contributed by atoms with van der Waals surface area (Å²) in [6.45, 7) is 5.74. The van der Waals surface area contributed by atoms with Crippen LogP contribution in [0.4, 0.5) is 0 Å². The Morgan fingerprint density at radius 3 is 2.43 bits per heavy atom. The maximum Gasteiger partial charge on any atom is 0.261 e. The van der Waals surface area contributed by atoms with Gasteiger partial charge in [0, 0.05) is 6.54 Å². The van der Waals surface area contributed by atoms with E-state index in [-0.39, 0.29) is 28.9 Å². The lowest BCUT2D eigenvalue weighted by Crippen LogP contribution is -2.39. The van der Waals surface area contributed by atoms with E-state index >= 15 is 0 Å². The first-order valence-electron chi connectivity index (χ1n) is 7.26. The zero-order valence-electron chi connectivity index (χ0n) is 12.7. The minimum absolute atomic E-state index is 0.0574. The van der Waals surface area contributed by atoms with Gasteiger partial charge in [-0.2, -0.15) is 0 Å². The zero-order valence-corrected chi connectivity index (χ0v) is 12.7. The topological polar surface area (TPSA) is 57.6 Å². The van der Waals surface area contributed by atoms with Gasteiger partial charge in [0.05, 0.1) is 6.04 Å². The van der Waals surface area contributed by atoms with Crippen LogP contribution in [0.3, 0.4) is 0 Å². The number of Topliss-reactive ketones (excluding diaryl/α,β-unsaturated/α-hetero) is 1. The molecule has 1 aromatic carbocycles. The van der Waals surface area contributed by atoms with Gasteiger partial charge >= 0.3 is 0 Å². The van der Waals surface area contributed by atoms with Crippen LogP contribution in [0.5, 0.6) is 0 Å². The molecule has 0 saturated carbocycles. The molecule has 1 N–H and O–H groups in total. The molecule has 1 aliphatic rings. The molecule has 1 amide bonds. The third kappa shape index (κ3) is 2.84. The van der Waals surface area contributed by atoms with E-state index in [2.05, 4.69) is 0 Å².